The molecule has 0 saturated carbocycles. The van der Waals surface area contributed by atoms with Crippen LogP contribution in [0.25, 0.3) is 5.65 Å². The Labute approximate surface area is 162 Å². The molecule has 1 aromatic carbocycles. The lowest BCUT2D eigenvalue weighted by atomic mass is 10.1. The van der Waals surface area contributed by atoms with Gasteiger partial charge in [-0.2, -0.15) is 0 Å². The van der Waals surface area contributed by atoms with E-state index in [1.807, 2.05) is 30.3 Å². The van der Waals surface area contributed by atoms with Crippen molar-refractivity contribution in [2.24, 2.45) is 0 Å². The Kier molecular flexibility index (Phi) is 5.12. The van der Waals surface area contributed by atoms with Gasteiger partial charge in [-0.25, -0.2) is 14.3 Å². The van der Waals surface area contributed by atoms with Crippen molar-refractivity contribution in [3.05, 3.63) is 64.7 Å². The molecule has 8 nitrogen and oxygen atoms in total. The summed E-state index contributed by atoms with van der Waals surface area (Å²) >= 11 is 0. The van der Waals surface area contributed by atoms with Gasteiger partial charge in [-0.3, -0.25) is 4.40 Å². The second-order valence-electron chi connectivity index (χ2n) is 7.25. The number of aromatic nitrogens is 3. The first-order valence-corrected chi connectivity index (χ1v) is 9.48. The third kappa shape index (κ3) is 4.07. The molecule has 0 spiro atoms. The number of urea groups is 1. The van der Waals surface area contributed by atoms with Crippen LogP contribution in [0.2, 0.25) is 0 Å². The number of carbonyl (C=O) groups excluding carboxylic acids is 1. The van der Waals surface area contributed by atoms with E-state index in [-0.39, 0.29) is 17.8 Å². The maximum absolute atomic E-state index is 12.4. The minimum absolute atomic E-state index is 0.186. The lowest BCUT2D eigenvalue weighted by Crippen LogP contribution is -2.44. The molecule has 0 aliphatic carbocycles. The van der Waals surface area contributed by atoms with Crippen LogP contribution in [0.1, 0.15) is 18.4 Å². The lowest BCUT2D eigenvalue weighted by Gasteiger charge is -2.29. The topological polar surface area (TPSA) is 83.7 Å². The smallest absolute Gasteiger partial charge is 0.335 e. The van der Waals surface area contributed by atoms with E-state index >= 15 is 0 Å². The molecule has 0 atom stereocenters. The van der Waals surface area contributed by atoms with Crippen molar-refractivity contribution in [2.45, 2.75) is 25.4 Å². The molecule has 0 bridgehead atoms. The summed E-state index contributed by atoms with van der Waals surface area (Å²) in [6.45, 7) is 2.33. The molecule has 2 amide bonds. The molecular weight excluding hydrogens is 356 g/mol. The average molecular weight is 380 g/mol. The Bertz CT molecular complexity index is 1030. The van der Waals surface area contributed by atoms with Crippen molar-refractivity contribution in [1.29, 1.82) is 0 Å². The highest BCUT2D eigenvalue weighted by Crippen LogP contribution is 2.13. The Morgan fingerprint density at radius 3 is 2.79 bits per heavy atom. The van der Waals surface area contributed by atoms with Crippen LogP contribution in [-0.4, -0.2) is 51.3 Å². The minimum atomic E-state index is -0.198. The van der Waals surface area contributed by atoms with Gasteiger partial charge in [-0.15, -0.1) is 5.10 Å². The van der Waals surface area contributed by atoms with Gasteiger partial charge in [-0.1, -0.05) is 18.2 Å². The van der Waals surface area contributed by atoms with Crippen molar-refractivity contribution < 1.29 is 4.79 Å². The molecular formula is C20H24N6O2. The molecule has 8 heteroatoms. The number of benzene rings is 1. The minimum Gasteiger partial charge on any atom is -0.335 e. The van der Waals surface area contributed by atoms with Crippen LogP contribution < -0.4 is 16.3 Å². The Hall–Kier alpha value is -3.13. The van der Waals surface area contributed by atoms with Crippen molar-refractivity contribution in [3.63, 3.8) is 0 Å². The highest BCUT2D eigenvalue weighted by Gasteiger charge is 2.18. The number of amides is 2. The summed E-state index contributed by atoms with van der Waals surface area (Å²) in [5.41, 5.74) is 2.01. The first-order chi connectivity index (χ1) is 13.6. The molecule has 146 valence electrons. The number of hydrogen-bond acceptors (Lipinski definition) is 4. The number of pyridine rings is 1. The predicted octanol–water partition coefficient (Wildman–Crippen LogP) is 1.76. The monoisotopic (exact) mass is 380 g/mol. The summed E-state index contributed by atoms with van der Waals surface area (Å²) in [5.74, 6) is 0. The number of fused-ring (bicyclic) bond motifs is 1. The lowest BCUT2D eigenvalue weighted by molar-refractivity contribution is 0.221. The van der Waals surface area contributed by atoms with Crippen LogP contribution >= 0.6 is 0 Å². The van der Waals surface area contributed by atoms with Gasteiger partial charge in [0.05, 0.1) is 6.54 Å². The van der Waals surface area contributed by atoms with Gasteiger partial charge in [0.25, 0.3) is 0 Å². The van der Waals surface area contributed by atoms with E-state index in [0.29, 0.717) is 17.9 Å². The van der Waals surface area contributed by atoms with E-state index in [1.54, 1.807) is 18.3 Å². The van der Waals surface area contributed by atoms with Crippen LogP contribution in [0.3, 0.4) is 0 Å². The molecule has 1 aliphatic heterocycles. The maximum atomic E-state index is 12.4. The quantitative estimate of drug-likeness (QED) is 0.722. The molecule has 1 aliphatic rings. The summed E-state index contributed by atoms with van der Waals surface area (Å²) in [7, 11) is 2.09. The molecule has 0 radical (unpaired) electrons. The summed E-state index contributed by atoms with van der Waals surface area (Å²) in [6, 6.07) is 12.9. The summed E-state index contributed by atoms with van der Waals surface area (Å²) in [6.07, 6.45) is 3.62. The number of carbonyl (C=O) groups is 1. The Balaban J connectivity index is 1.42. The molecule has 0 unspecified atom stereocenters. The Morgan fingerprint density at radius 1 is 1.18 bits per heavy atom. The fraction of sp³-hybridized carbons (Fsp3) is 0.350. The molecule has 4 rings (SSSR count). The number of nitrogens with one attached hydrogen (secondary N) is 2. The zero-order chi connectivity index (χ0) is 19.5. The van der Waals surface area contributed by atoms with E-state index in [1.165, 1.54) is 9.08 Å². The Morgan fingerprint density at radius 2 is 2.00 bits per heavy atom. The normalized spacial score (nSPS) is 15.6. The fourth-order valence-corrected chi connectivity index (χ4v) is 3.50. The standard InChI is InChI=1S/C20H24N6O2/c1-24-11-8-16(9-12-24)21-19(27)22-17-6-4-5-15(13-17)14-26-20(28)25-10-3-2-7-18(25)23-26/h2-7,10,13,16H,8-9,11-12,14H2,1H3,(H2,21,22,27). The highest BCUT2D eigenvalue weighted by molar-refractivity contribution is 5.89. The second kappa shape index (κ2) is 7.85. The number of piperidine rings is 1. The molecule has 2 aromatic heterocycles. The summed E-state index contributed by atoms with van der Waals surface area (Å²) in [4.78, 5) is 27.0. The summed E-state index contributed by atoms with van der Waals surface area (Å²) in [5, 5.41) is 10.3. The van der Waals surface area contributed by atoms with E-state index < -0.39 is 0 Å². The van der Waals surface area contributed by atoms with Gasteiger partial charge in [0, 0.05) is 17.9 Å². The van der Waals surface area contributed by atoms with Gasteiger partial charge >= 0.3 is 11.7 Å². The third-order valence-corrected chi connectivity index (χ3v) is 5.06. The van der Waals surface area contributed by atoms with E-state index in [0.717, 1.165) is 31.5 Å². The van der Waals surface area contributed by atoms with Crippen LogP contribution in [0.4, 0.5) is 10.5 Å². The van der Waals surface area contributed by atoms with Crippen LogP contribution in [0.5, 0.6) is 0 Å². The van der Waals surface area contributed by atoms with E-state index in [9.17, 15) is 9.59 Å². The number of hydrogen-bond donors (Lipinski definition) is 2. The molecule has 3 heterocycles. The third-order valence-electron chi connectivity index (χ3n) is 5.06. The van der Waals surface area contributed by atoms with Gasteiger partial charge in [0.2, 0.25) is 0 Å². The van der Waals surface area contributed by atoms with E-state index in [2.05, 4.69) is 27.7 Å². The molecule has 1 fully saturated rings. The predicted molar refractivity (Wildman–Crippen MR) is 108 cm³/mol. The number of nitrogens with zero attached hydrogens (tertiary/aromatic N) is 4. The molecule has 28 heavy (non-hydrogen) atoms. The van der Waals surface area contributed by atoms with Crippen LogP contribution in [0, 0.1) is 0 Å². The van der Waals surface area contributed by atoms with Gasteiger partial charge in [0.1, 0.15) is 0 Å². The van der Waals surface area contributed by atoms with Gasteiger partial charge in [-0.05, 0) is 62.8 Å². The van der Waals surface area contributed by atoms with Crippen LogP contribution in [0.15, 0.2) is 53.5 Å². The van der Waals surface area contributed by atoms with Crippen LogP contribution in [-0.2, 0) is 6.54 Å². The zero-order valence-electron chi connectivity index (χ0n) is 15.8. The highest BCUT2D eigenvalue weighted by atomic mass is 16.2. The first kappa shape index (κ1) is 18.2. The van der Waals surface area contributed by atoms with Gasteiger partial charge < -0.3 is 15.5 Å². The SMILES string of the molecule is CN1CCC(NC(=O)Nc2cccc(Cn3nc4ccccn4c3=O)c2)CC1. The maximum Gasteiger partial charge on any atom is 0.350 e. The number of likely N-dealkylation sites (tertiary alicyclic amines) is 1. The number of anilines is 1. The second-order valence-corrected chi connectivity index (χ2v) is 7.25. The van der Waals surface area contributed by atoms with Gasteiger partial charge in [0.15, 0.2) is 5.65 Å². The van der Waals surface area contributed by atoms with Crippen molar-refractivity contribution in [2.75, 3.05) is 25.5 Å². The average Bonchev–Trinajstić information content (AvgIpc) is 3.00. The fourth-order valence-electron chi connectivity index (χ4n) is 3.50. The van der Waals surface area contributed by atoms with Crippen molar-refractivity contribution >= 4 is 17.4 Å². The molecule has 1 saturated heterocycles. The largest absolute Gasteiger partial charge is 0.350 e. The van der Waals surface area contributed by atoms with Crippen molar-refractivity contribution in [3.8, 4) is 0 Å². The van der Waals surface area contributed by atoms with E-state index in [4.69, 9.17) is 0 Å². The first-order valence-electron chi connectivity index (χ1n) is 9.48. The molecule has 3 aromatic rings. The number of rotatable bonds is 4. The zero-order valence-corrected chi connectivity index (χ0v) is 15.8. The summed E-state index contributed by atoms with van der Waals surface area (Å²) < 4.78 is 2.93. The van der Waals surface area contributed by atoms with Crippen molar-refractivity contribution in [1.82, 2.24) is 24.4 Å². The molecule has 2 N–H and O–H groups in total.